The molecule has 0 saturated carbocycles. The number of amides is 1. The fourth-order valence-electron chi connectivity index (χ4n) is 1.62. The Hall–Kier alpha value is -1.91. The van der Waals surface area contributed by atoms with Gasteiger partial charge in [-0.15, -0.1) is 0 Å². The van der Waals surface area contributed by atoms with Gasteiger partial charge in [0.1, 0.15) is 0 Å². The van der Waals surface area contributed by atoms with E-state index >= 15 is 0 Å². The van der Waals surface area contributed by atoms with Crippen LogP contribution < -0.4 is 0 Å². The number of aliphatic carboxylic acids is 1. The van der Waals surface area contributed by atoms with Gasteiger partial charge < -0.3 is 10.0 Å². The van der Waals surface area contributed by atoms with Gasteiger partial charge in [-0.1, -0.05) is 13.8 Å². The zero-order valence-electron chi connectivity index (χ0n) is 10.7. The van der Waals surface area contributed by atoms with E-state index in [0.717, 1.165) is 0 Å². The molecule has 0 bridgehead atoms. The van der Waals surface area contributed by atoms with Gasteiger partial charge in [0.2, 0.25) is 0 Å². The van der Waals surface area contributed by atoms with Gasteiger partial charge in [-0.25, -0.2) is 0 Å². The molecule has 0 atom stereocenters. The maximum Gasteiger partial charge on any atom is 0.305 e. The Morgan fingerprint density at radius 1 is 1.44 bits per heavy atom. The highest BCUT2D eigenvalue weighted by molar-refractivity contribution is 5.94. The summed E-state index contributed by atoms with van der Waals surface area (Å²) in [5.41, 5.74) is 0.489. The molecule has 1 N–H and O–H groups in total. The van der Waals surface area contributed by atoms with Crippen LogP contribution in [0.2, 0.25) is 0 Å². The molecule has 1 rings (SSSR count). The van der Waals surface area contributed by atoms with E-state index in [-0.39, 0.29) is 18.9 Å². The Kier molecular flexibility index (Phi) is 5.30. The smallest absolute Gasteiger partial charge is 0.305 e. The number of aromatic nitrogens is 1. The molecule has 0 fully saturated rings. The zero-order valence-corrected chi connectivity index (χ0v) is 10.7. The van der Waals surface area contributed by atoms with E-state index in [1.54, 1.807) is 23.2 Å². The topological polar surface area (TPSA) is 70.5 Å². The van der Waals surface area contributed by atoms with Crippen LogP contribution in [0, 0.1) is 5.92 Å². The van der Waals surface area contributed by atoms with Crippen LogP contribution in [0.5, 0.6) is 0 Å². The van der Waals surface area contributed by atoms with Crippen molar-refractivity contribution in [2.45, 2.75) is 20.3 Å². The lowest BCUT2D eigenvalue weighted by Gasteiger charge is -2.23. The van der Waals surface area contributed by atoms with Crippen molar-refractivity contribution in [2.24, 2.45) is 5.92 Å². The van der Waals surface area contributed by atoms with E-state index in [1.807, 2.05) is 13.8 Å². The number of nitrogens with zero attached hydrogens (tertiary/aromatic N) is 2. The number of rotatable bonds is 6. The number of carbonyl (C=O) groups excluding carboxylic acids is 1. The fourth-order valence-corrected chi connectivity index (χ4v) is 1.62. The summed E-state index contributed by atoms with van der Waals surface area (Å²) in [5.74, 6) is -0.778. The molecule has 0 radical (unpaired) electrons. The summed E-state index contributed by atoms with van der Waals surface area (Å²) in [5, 5.41) is 8.70. The Labute approximate surface area is 106 Å². The predicted octanol–water partition coefficient (Wildman–Crippen LogP) is 1.65. The summed E-state index contributed by atoms with van der Waals surface area (Å²) < 4.78 is 0. The Morgan fingerprint density at radius 2 is 2.17 bits per heavy atom. The second-order valence-electron chi connectivity index (χ2n) is 4.53. The molecule has 0 aliphatic heterocycles. The van der Waals surface area contributed by atoms with Crippen molar-refractivity contribution < 1.29 is 14.7 Å². The summed E-state index contributed by atoms with van der Waals surface area (Å²) in [6, 6.07) is 3.38. The maximum absolute atomic E-state index is 12.2. The number of pyridine rings is 1. The molecule has 98 valence electrons. The average molecular weight is 250 g/mol. The molecular formula is C13H18N2O3. The Bertz CT molecular complexity index is 404. The molecule has 0 unspecified atom stereocenters. The van der Waals surface area contributed by atoms with Crippen LogP contribution in [0.1, 0.15) is 30.6 Å². The quantitative estimate of drug-likeness (QED) is 0.833. The van der Waals surface area contributed by atoms with E-state index in [4.69, 9.17) is 5.11 Å². The molecule has 0 aliphatic carbocycles. The second kappa shape index (κ2) is 6.74. The number of carboxylic acids is 1. The predicted molar refractivity (Wildman–Crippen MR) is 67.2 cm³/mol. The molecule has 5 nitrogen and oxygen atoms in total. The molecule has 0 aromatic carbocycles. The molecule has 0 saturated heterocycles. The highest BCUT2D eigenvalue weighted by atomic mass is 16.4. The van der Waals surface area contributed by atoms with Gasteiger partial charge in [-0.05, 0) is 18.1 Å². The summed E-state index contributed by atoms with van der Waals surface area (Å²) in [6.45, 7) is 4.75. The van der Waals surface area contributed by atoms with E-state index in [0.29, 0.717) is 18.0 Å². The first-order valence-electron chi connectivity index (χ1n) is 5.91. The second-order valence-corrected chi connectivity index (χ2v) is 4.53. The summed E-state index contributed by atoms with van der Waals surface area (Å²) in [7, 11) is 0. The van der Waals surface area contributed by atoms with Crippen molar-refractivity contribution in [3.8, 4) is 0 Å². The highest BCUT2D eigenvalue weighted by Crippen LogP contribution is 2.07. The lowest BCUT2D eigenvalue weighted by Crippen LogP contribution is -2.36. The van der Waals surface area contributed by atoms with Crippen molar-refractivity contribution in [2.75, 3.05) is 13.1 Å². The maximum atomic E-state index is 12.2. The molecule has 0 spiro atoms. The van der Waals surface area contributed by atoms with Crippen LogP contribution in [0.4, 0.5) is 0 Å². The van der Waals surface area contributed by atoms with Crippen LogP contribution >= 0.6 is 0 Å². The van der Waals surface area contributed by atoms with Crippen molar-refractivity contribution in [3.05, 3.63) is 30.1 Å². The van der Waals surface area contributed by atoms with Gasteiger partial charge >= 0.3 is 5.97 Å². The minimum atomic E-state index is -0.900. The fraction of sp³-hybridized carbons (Fsp3) is 0.462. The number of carbonyl (C=O) groups is 2. The first kappa shape index (κ1) is 14.2. The number of carboxylic acid groups (broad SMARTS) is 1. The van der Waals surface area contributed by atoms with Gasteiger partial charge in [0, 0.05) is 25.5 Å². The largest absolute Gasteiger partial charge is 0.481 e. The number of hydrogen-bond acceptors (Lipinski definition) is 3. The molecule has 1 aromatic rings. The van der Waals surface area contributed by atoms with Crippen molar-refractivity contribution in [3.63, 3.8) is 0 Å². The van der Waals surface area contributed by atoms with Crippen LogP contribution in [0.15, 0.2) is 24.5 Å². The Balaban J connectivity index is 2.75. The van der Waals surface area contributed by atoms with Crippen molar-refractivity contribution in [1.82, 2.24) is 9.88 Å². The van der Waals surface area contributed by atoms with E-state index in [2.05, 4.69) is 4.98 Å². The molecule has 1 heterocycles. The standard InChI is InChI=1S/C13H18N2O3/c1-10(2)9-15(7-5-12(16)17)13(18)11-4-3-6-14-8-11/h3-4,6,8,10H,5,7,9H2,1-2H3,(H,16,17). The van der Waals surface area contributed by atoms with Gasteiger partial charge in [-0.3, -0.25) is 14.6 Å². The van der Waals surface area contributed by atoms with E-state index in [9.17, 15) is 9.59 Å². The average Bonchev–Trinajstić information content (AvgIpc) is 2.34. The van der Waals surface area contributed by atoms with Gasteiger partial charge in [-0.2, -0.15) is 0 Å². The van der Waals surface area contributed by atoms with Gasteiger partial charge in [0.15, 0.2) is 0 Å². The molecule has 5 heteroatoms. The third kappa shape index (κ3) is 4.53. The van der Waals surface area contributed by atoms with Crippen LogP contribution in [0.3, 0.4) is 0 Å². The first-order valence-corrected chi connectivity index (χ1v) is 5.91. The monoisotopic (exact) mass is 250 g/mol. The highest BCUT2D eigenvalue weighted by Gasteiger charge is 2.17. The molecule has 18 heavy (non-hydrogen) atoms. The summed E-state index contributed by atoms with van der Waals surface area (Å²) >= 11 is 0. The molecule has 1 aromatic heterocycles. The lowest BCUT2D eigenvalue weighted by molar-refractivity contribution is -0.137. The van der Waals surface area contributed by atoms with Crippen molar-refractivity contribution in [1.29, 1.82) is 0 Å². The number of hydrogen-bond donors (Lipinski definition) is 1. The SMILES string of the molecule is CC(C)CN(CCC(=O)O)C(=O)c1cccnc1. The minimum Gasteiger partial charge on any atom is -0.481 e. The molecule has 0 aliphatic rings. The van der Waals surface area contributed by atoms with Crippen LogP contribution in [-0.4, -0.2) is 40.0 Å². The van der Waals surface area contributed by atoms with Crippen molar-refractivity contribution >= 4 is 11.9 Å². The third-order valence-corrected chi connectivity index (χ3v) is 2.38. The van der Waals surface area contributed by atoms with E-state index in [1.165, 1.54) is 6.20 Å². The minimum absolute atomic E-state index is 0.0429. The molecule has 1 amide bonds. The Morgan fingerprint density at radius 3 is 2.67 bits per heavy atom. The van der Waals surface area contributed by atoms with Gasteiger partial charge in [0.05, 0.1) is 12.0 Å². The lowest BCUT2D eigenvalue weighted by atomic mass is 10.1. The zero-order chi connectivity index (χ0) is 13.5. The third-order valence-electron chi connectivity index (χ3n) is 2.38. The van der Waals surface area contributed by atoms with Crippen LogP contribution in [0.25, 0.3) is 0 Å². The molecular weight excluding hydrogens is 232 g/mol. The first-order chi connectivity index (χ1) is 8.50. The summed E-state index contributed by atoms with van der Waals surface area (Å²) in [6.07, 6.45) is 3.05. The van der Waals surface area contributed by atoms with Crippen LogP contribution in [-0.2, 0) is 4.79 Å². The van der Waals surface area contributed by atoms with E-state index < -0.39 is 5.97 Å². The van der Waals surface area contributed by atoms with Gasteiger partial charge in [0.25, 0.3) is 5.91 Å². The summed E-state index contributed by atoms with van der Waals surface area (Å²) in [4.78, 5) is 28.2. The normalized spacial score (nSPS) is 10.4.